The molecule has 7 heteroatoms. The smallest absolute Gasteiger partial charge is 0.251 e. The van der Waals surface area contributed by atoms with Gasteiger partial charge in [0.15, 0.2) is 0 Å². The zero-order valence-electron chi connectivity index (χ0n) is 22.9. The van der Waals surface area contributed by atoms with Crippen molar-refractivity contribution < 1.29 is 19.1 Å². The maximum Gasteiger partial charge on any atom is 0.251 e. The number of carbonyl (C=O) groups is 3. The molecule has 1 N–H and O–H groups in total. The molecule has 0 radical (unpaired) electrons. The highest BCUT2D eigenvalue weighted by Gasteiger charge is 2.45. The van der Waals surface area contributed by atoms with Crippen molar-refractivity contribution in [3.05, 3.63) is 66.2 Å². The Bertz CT molecular complexity index is 1110. The predicted octanol–water partition coefficient (Wildman–Crippen LogP) is 4.68. The average molecular weight is 532 g/mol. The van der Waals surface area contributed by atoms with Crippen LogP contribution in [-0.2, 0) is 9.59 Å². The minimum Gasteiger partial charge on any atom is -0.494 e. The highest BCUT2D eigenvalue weighted by Crippen LogP contribution is 2.41. The standard InChI is InChI=1S/C32H41N3O4/c36-29(16-9-23-39-26-12-5-2-6-13-26)34-20-17-32(18-21-34)19-22-35(24-32)31(38)27-14-7-8-15-28(27)33-30(37)25-10-3-1-4-11-25/h1-6,10-13,27-28H,7-9,14-24H2,(H,33,37). The van der Waals surface area contributed by atoms with Crippen LogP contribution in [0.3, 0.4) is 0 Å². The van der Waals surface area contributed by atoms with E-state index in [1.807, 2.05) is 65.6 Å². The van der Waals surface area contributed by atoms with Gasteiger partial charge in [0, 0.05) is 44.2 Å². The number of hydrogen-bond acceptors (Lipinski definition) is 4. The Morgan fingerprint density at radius 1 is 0.846 bits per heavy atom. The van der Waals surface area contributed by atoms with E-state index in [0.29, 0.717) is 25.0 Å². The monoisotopic (exact) mass is 531 g/mol. The van der Waals surface area contributed by atoms with Gasteiger partial charge in [-0.2, -0.15) is 0 Å². The molecule has 1 saturated carbocycles. The number of benzene rings is 2. The molecular weight excluding hydrogens is 490 g/mol. The van der Waals surface area contributed by atoms with Crippen LogP contribution in [0.25, 0.3) is 0 Å². The van der Waals surface area contributed by atoms with Gasteiger partial charge in [-0.05, 0) is 68.2 Å². The summed E-state index contributed by atoms with van der Waals surface area (Å²) in [4.78, 5) is 43.3. The molecule has 2 atom stereocenters. The maximum absolute atomic E-state index is 13.7. The lowest BCUT2D eigenvalue weighted by Crippen LogP contribution is -2.50. The van der Waals surface area contributed by atoms with Crippen LogP contribution < -0.4 is 10.1 Å². The average Bonchev–Trinajstić information content (AvgIpc) is 3.39. The van der Waals surface area contributed by atoms with E-state index in [2.05, 4.69) is 10.2 Å². The molecule has 1 spiro atoms. The summed E-state index contributed by atoms with van der Waals surface area (Å²) in [6.45, 7) is 3.62. The van der Waals surface area contributed by atoms with E-state index in [1.165, 1.54) is 0 Å². The fraction of sp³-hybridized carbons (Fsp3) is 0.531. The molecule has 2 aliphatic heterocycles. The van der Waals surface area contributed by atoms with Gasteiger partial charge < -0.3 is 19.9 Å². The van der Waals surface area contributed by atoms with E-state index in [4.69, 9.17) is 4.74 Å². The first kappa shape index (κ1) is 27.2. The Balaban J connectivity index is 1.08. The molecule has 3 amide bonds. The molecule has 5 rings (SSSR count). The van der Waals surface area contributed by atoms with Gasteiger partial charge in [-0.1, -0.05) is 49.2 Å². The lowest BCUT2D eigenvalue weighted by Gasteiger charge is -2.40. The first-order valence-electron chi connectivity index (χ1n) is 14.6. The van der Waals surface area contributed by atoms with Gasteiger partial charge in [0.05, 0.1) is 12.5 Å². The van der Waals surface area contributed by atoms with E-state index in [9.17, 15) is 14.4 Å². The highest BCUT2D eigenvalue weighted by atomic mass is 16.5. The van der Waals surface area contributed by atoms with Gasteiger partial charge in [0.1, 0.15) is 5.75 Å². The summed E-state index contributed by atoms with van der Waals surface area (Å²) in [5, 5.41) is 3.17. The minimum atomic E-state index is -0.152. The number of amides is 3. The number of para-hydroxylation sites is 1. The van der Waals surface area contributed by atoms with Crippen molar-refractivity contribution in [3.8, 4) is 5.75 Å². The van der Waals surface area contributed by atoms with E-state index in [1.54, 1.807) is 0 Å². The van der Waals surface area contributed by atoms with Gasteiger partial charge in [0.25, 0.3) is 5.91 Å². The van der Waals surface area contributed by atoms with Crippen molar-refractivity contribution in [2.24, 2.45) is 11.3 Å². The Morgan fingerprint density at radius 2 is 1.49 bits per heavy atom. The number of hydrogen-bond donors (Lipinski definition) is 1. The third-order valence-corrected chi connectivity index (χ3v) is 8.91. The summed E-state index contributed by atoms with van der Waals surface area (Å²) in [5.41, 5.74) is 0.750. The van der Waals surface area contributed by atoms with Crippen molar-refractivity contribution in [3.63, 3.8) is 0 Å². The Hall–Kier alpha value is -3.35. The van der Waals surface area contributed by atoms with Crippen LogP contribution in [0.1, 0.15) is 68.1 Å². The van der Waals surface area contributed by atoms with E-state index in [0.717, 1.165) is 76.9 Å². The molecule has 2 saturated heterocycles. The number of carbonyl (C=O) groups excluding carboxylic acids is 3. The zero-order chi connectivity index (χ0) is 27.1. The molecule has 2 aromatic rings. The van der Waals surface area contributed by atoms with Crippen molar-refractivity contribution in [1.29, 1.82) is 0 Å². The van der Waals surface area contributed by atoms with Gasteiger partial charge >= 0.3 is 0 Å². The van der Waals surface area contributed by atoms with Crippen LogP contribution in [0.15, 0.2) is 60.7 Å². The number of rotatable bonds is 8. The van der Waals surface area contributed by atoms with Crippen molar-refractivity contribution >= 4 is 17.7 Å². The normalized spacial score (nSPS) is 22.5. The van der Waals surface area contributed by atoms with Crippen LogP contribution in [0, 0.1) is 11.3 Å². The molecule has 39 heavy (non-hydrogen) atoms. The van der Waals surface area contributed by atoms with Crippen LogP contribution in [-0.4, -0.2) is 66.3 Å². The van der Waals surface area contributed by atoms with Gasteiger partial charge in [0.2, 0.25) is 11.8 Å². The molecule has 2 heterocycles. The first-order chi connectivity index (χ1) is 19.0. The second-order valence-corrected chi connectivity index (χ2v) is 11.5. The maximum atomic E-state index is 13.7. The molecule has 1 aliphatic carbocycles. The quantitative estimate of drug-likeness (QED) is 0.502. The van der Waals surface area contributed by atoms with Gasteiger partial charge in [-0.15, -0.1) is 0 Å². The van der Waals surface area contributed by atoms with E-state index >= 15 is 0 Å². The second-order valence-electron chi connectivity index (χ2n) is 11.5. The molecule has 2 unspecified atom stereocenters. The van der Waals surface area contributed by atoms with E-state index < -0.39 is 0 Å². The second kappa shape index (κ2) is 12.7. The highest BCUT2D eigenvalue weighted by molar-refractivity contribution is 5.94. The Kier molecular flexibility index (Phi) is 8.84. The lowest BCUT2D eigenvalue weighted by molar-refractivity contribution is -0.138. The van der Waals surface area contributed by atoms with Crippen molar-refractivity contribution in [1.82, 2.24) is 15.1 Å². The number of ether oxygens (including phenoxy) is 1. The topological polar surface area (TPSA) is 79.0 Å². The molecule has 208 valence electrons. The minimum absolute atomic E-state index is 0.0955. The summed E-state index contributed by atoms with van der Waals surface area (Å²) >= 11 is 0. The fourth-order valence-corrected chi connectivity index (χ4v) is 6.53. The van der Waals surface area contributed by atoms with Crippen LogP contribution >= 0.6 is 0 Å². The van der Waals surface area contributed by atoms with Crippen molar-refractivity contribution in [2.75, 3.05) is 32.8 Å². The largest absolute Gasteiger partial charge is 0.494 e. The summed E-state index contributed by atoms with van der Waals surface area (Å²) in [5.74, 6) is 0.986. The molecule has 3 fully saturated rings. The molecule has 3 aliphatic rings. The molecule has 0 aromatic heterocycles. The number of nitrogens with one attached hydrogen (secondary N) is 1. The molecule has 0 bridgehead atoms. The van der Waals surface area contributed by atoms with Crippen LogP contribution in [0.2, 0.25) is 0 Å². The number of nitrogens with zero attached hydrogens (tertiary/aromatic N) is 2. The Labute approximate surface area is 231 Å². The number of likely N-dealkylation sites (tertiary alicyclic amines) is 2. The Morgan fingerprint density at radius 3 is 2.21 bits per heavy atom. The van der Waals surface area contributed by atoms with Gasteiger partial charge in [-0.3, -0.25) is 14.4 Å². The summed E-state index contributed by atoms with van der Waals surface area (Å²) in [6.07, 6.45) is 7.85. The van der Waals surface area contributed by atoms with Crippen molar-refractivity contribution in [2.45, 2.75) is 63.8 Å². The van der Waals surface area contributed by atoms with Crippen LogP contribution in [0.5, 0.6) is 5.75 Å². The first-order valence-corrected chi connectivity index (χ1v) is 14.6. The van der Waals surface area contributed by atoms with Gasteiger partial charge in [-0.25, -0.2) is 0 Å². The summed E-state index contributed by atoms with van der Waals surface area (Å²) < 4.78 is 5.72. The fourth-order valence-electron chi connectivity index (χ4n) is 6.53. The predicted molar refractivity (Wildman–Crippen MR) is 150 cm³/mol. The van der Waals surface area contributed by atoms with Crippen LogP contribution in [0.4, 0.5) is 0 Å². The molecule has 7 nitrogen and oxygen atoms in total. The zero-order valence-corrected chi connectivity index (χ0v) is 22.9. The number of piperidine rings is 1. The SMILES string of the molecule is O=C(NC1CCCCC1C(=O)N1CCC2(CCN(C(=O)CCCOc3ccccc3)CC2)C1)c1ccccc1. The molecular formula is C32H41N3O4. The molecule has 2 aromatic carbocycles. The lowest BCUT2D eigenvalue weighted by atomic mass is 9.77. The summed E-state index contributed by atoms with van der Waals surface area (Å²) in [7, 11) is 0. The van der Waals surface area contributed by atoms with E-state index in [-0.39, 0.29) is 35.1 Å². The third kappa shape index (κ3) is 6.81. The summed E-state index contributed by atoms with van der Waals surface area (Å²) in [6, 6.07) is 18.8. The third-order valence-electron chi connectivity index (χ3n) is 8.91.